The van der Waals surface area contributed by atoms with Gasteiger partial charge < -0.3 is 15.7 Å². The molecule has 2 rings (SSSR count). The summed E-state index contributed by atoms with van der Waals surface area (Å²) in [7, 11) is 0. The Hall–Kier alpha value is -0.910. The highest BCUT2D eigenvalue weighted by molar-refractivity contribution is 7.10. The van der Waals surface area contributed by atoms with Crippen LogP contribution in [0.4, 0.5) is 5.69 Å². The van der Waals surface area contributed by atoms with E-state index >= 15 is 0 Å². The number of hydrogen-bond donors (Lipinski definition) is 3. The third-order valence-corrected chi connectivity index (χ3v) is 5.14. The molecule has 112 valence electrons. The molecule has 1 heterocycles. The molecule has 20 heavy (non-hydrogen) atoms. The Balaban J connectivity index is 1.96. The lowest BCUT2D eigenvalue weighted by Crippen LogP contribution is -2.50. The van der Waals surface area contributed by atoms with E-state index in [1.807, 2.05) is 11.4 Å². The Kier molecular flexibility index (Phi) is 5.18. The second-order valence-corrected chi connectivity index (χ2v) is 6.91. The fourth-order valence-corrected chi connectivity index (χ4v) is 3.52. The topological polar surface area (TPSA) is 61.4 Å². The Bertz CT molecular complexity index is 450. The molecule has 0 atom stereocenters. The van der Waals surface area contributed by atoms with Crippen LogP contribution in [0.3, 0.4) is 0 Å². The molecule has 0 aliphatic heterocycles. The van der Waals surface area contributed by atoms with Gasteiger partial charge in [0.05, 0.1) is 12.3 Å². The Morgan fingerprint density at radius 1 is 1.50 bits per heavy atom. The minimum Gasteiger partial charge on any atom is -0.394 e. The molecule has 4 nitrogen and oxygen atoms in total. The minimum atomic E-state index is -0.149. The SMILES string of the molecule is CC(=O)Nc1ccsc1CNC1(CO)CCC(C)CC1. The fraction of sp³-hybridized carbons (Fsp3) is 0.667. The highest BCUT2D eigenvalue weighted by atomic mass is 32.1. The Morgan fingerprint density at radius 3 is 2.80 bits per heavy atom. The molecule has 0 saturated heterocycles. The summed E-state index contributed by atoms with van der Waals surface area (Å²) < 4.78 is 0. The van der Waals surface area contributed by atoms with Crippen LogP contribution in [-0.4, -0.2) is 23.2 Å². The smallest absolute Gasteiger partial charge is 0.221 e. The lowest BCUT2D eigenvalue weighted by atomic mass is 9.77. The van der Waals surface area contributed by atoms with Gasteiger partial charge >= 0.3 is 0 Å². The van der Waals surface area contributed by atoms with Crippen molar-refractivity contribution in [3.05, 3.63) is 16.3 Å². The van der Waals surface area contributed by atoms with Gasteiger partial charge in [-0.3, -0.25) is 4.79 Å². The highest BCUT2D eigenvalue weighted by Crippen LogP contribution is 2.32. The number of carbonyl (C=O) groups is 1. The summed E-state index contributed by atoms with van der Waals surface area (Å²) in [6.07, 6.45) is 4.37. The fourth-order valence-electron chi connectivity index (χ4n) is 2.75. The lowest BCUT2D eigenvalue weighted by molar-refractivity contribution is -0.114. The Labute approximate surface area is 124 Å². The number of aliphatic hydroxyl groups is 1. The van der Waals surface area contributed by atoms with Crippen molar-refractivity contribution < 1.29 is 9.90 Å². The van der Waals surface area contributed by atoms with Crippen LogP contribution >= 0.6 is 11.3 Å². The molecule has 1 aromatic rings. The molecule has 1 aliphatic carbocycles. The number of rotatable bonds is 5. The van der Waals surface area contributed by atoms with Crippen LogP contribution in [0, 0.1) is 5.92 Å². The van der Waals surface area contributed by atoms with E-state index in [1.165, 1.54) is 6.92 Å². The molecule has 5 heteroatoms. The summed E-state index contributed by atoms with van der Waals surface area (Å²) in [5.41, 5.74) is 0.733. The van der Waals surface area contributed by atoms with Crippen LogP contribution in [0.15, 0.2) is 11.4 Å². The van der Waals surface area contributed by atoms with Gasteiger partial charge in [0.1, 0.15) is 0 Å². The van der Waals surface area contributed by atoms with Crippen molar-refractivity contribution in [2.24, 2.45) is 5.92 Å². The van der Waals surface area contributed by atoms with Gasteiger partial charge in [0.25, 0.3) is 0 Å². The van der Waals surface area contributed by atoms with Crippen molar-refractivity contribution in [1.82, 2.24) is 5.32 Å². The van der Waals surface area contributed by atoms with Gasteiger partial charge in [0.2, 0.25) is 5.91 Å². The first-order chi connectivity index (χ1) is 9.54. The molecule has 0 bridgehead atoms. The number of anilines is 1. The van der Waals surface area contributed by atoms with Gasteiger partial charge in [-0.2, -0.15) is 0 Å². The second kappa shape index (κ2) is 6.70. The van der Waals surface area contributed by atoms with Gasteiger partial charge in [-0.05, 0) is 43.0 Å². The normalized spacial score (nSPS) is 26.4. The third-order valence-electron chi connectivity index (χ3n) is 4.21. The average Bonchev–Trinajstić information content (AvgIpc) is 2.85. The van der Waals surface area contributed by atoms with Crippen LogP contribution in [-0.2, 0) is 11.3 Å². The molecule has 1 fully saturated rings. The first kappa shape index (κ1) is 15.5. The first-order valence-electron chi connectivity index (χ1n) is 7.24. The lowest BCUT2D eigenvalue weighted by Gasteiger charge is -2.39. The summed E-state index contributed by atoms with van der Waals surface area (Å²) in [5.74, 6) is 0.709. The maximum absolute atomic E-state index is 11.2. The summed E-state index contributed by atoms with van der Waals surface area (Å²) >= 11 is 1.63. The predicted octanol–water partition coefficient (Wildman–Crippen LogP) is 2.74. The molecule has 1 amide bonds. The number of amides is 1. The molecule has 1 saturated carbocycles. The quantitative estimate of drug-likeness (QED) is 0.783. The molecule has 1 aliphatic rings. The molecule has 0 spiro atoms. The monoisotopic (exact) mass is 296 g/mol. The molecular formula is C15H24N2O2S. The molecular weight excluding hydrogens is 272 g/mol. The van der Waals surface area contributed by atoms with E-state index in [2.05, 4.69) is 17.6 Å². The number of carbonyl (C=O) groups excluding carboxylic acids is 1. The number of aliphatic hydroxyl groups excluding tert-OH is 1. The van der Waals surface area contributed by atoms with Crippen LogP contribution in [0.25, 0.3) is 0 Å². The molecule has 3 N–H and O–H groups in total. The van der Waals surface area contributed by atoms with Gasteiger partial charge in [-0.25, -0.2) is 0 Å². The Morgan fingerprint density at radius 2 is 2.20 bits per heavy atom. The summed E-state index contributed by atoms with van der Waals surface area (Å²) in [6, 6.07) is 1.93. The van der Waals surface area contributed by atoms with Gasteiger partial charge in [0.15, 0.2) is 0 Å². The number of hydrogen-bond acceptors (Lipinski definition) is 4. The largest absolute Gasteiger partial charge is 0.394 e. The van der Waals surface area contributed by atoms with Crippen molar-refractivity contribution in [2.75, 3.05) is 11.9 Å². The van der Waals surface area contributed by atoms with E-state index in [0.29, 0.717) is 6.54 Å². The van der Waals surface area contributed by atoms with Gasteiger partial charge in [0, 0.05) is 23.9 Å². The van der Waals surface area contributed by atoms with Crippen molar-refractivity contribution in [3.63, 3.8) is 0 Å². The minimum absolute atomic E-state index is 0.0481. The van der Waals surface area contributed by atoms with Crippen molar-refractivity contribution in [2.45, 2.75) is 51.6 Å². The van der Waals surface area contributed by atoms with Gasteiger partial charge in [-0.1, -0.05) is 6.92 Å². The van der Waals surface area contributed by atoms with Crippen molar-refractivity contribution in [1.29, 1.82) is 0 Å². The molecule has 0 aromatic carbocycles. The number of nitrogens with one attached hydrogen (secondary N) is 2. The third kappa shape index (κ3) is 3.81. The van der Waals surface area contributed by atoms with Crippen LogP contribution in [0.2, 0.25) is 0 Å². The van der Waals surface area contributed by atoms with Crippen molar-refractivity contribution >= 4 is 22.9 Å². The summed E-state index contributed by atoms with van der Waals surface area (Å²) in [5, 5.41) is 18.1. The zero-order valence-corrected chi connectivity index (χ0v) is 13.1. The average molecular weight is 296 g/mol. The van der Waals surface area contributed by atoms with Crippen LogP contribution in [0.1, 0.15) is 44.4 Å². The standard InChI is InChI=1S/C15H24N2O2S/c1-11-3-6-15(10-18,7-4-11)16-9-14-13(5-8-20-14)17-12(2)19/h5,8,11,16,18H,3-4,6-7,9-10H2,1-2H3,(H,17,19). The highest BCUT2D eigenvalue weighted by Gasteiger charge is 2.33. The number of thiophene rings is 1. The van der Waals surface area contributed by atoms with E-state index in [0.717, 1.165) is 42.2 Å². The van der Waals surface area contributed by atoms with Crippen LogP contribution in [0.5, 0.6) is 0 Å². The zero-order valence-electron chi connectivity index (χ0n) is 12.2. The van der Waals surface area contributed by atoms with Crippen LogP contribution < -0.4 is 10.6 Å². The second-order valence-electron chi connectivity index (χ2n) is 5.91. The van der Waals surface area contributed by atoms with E-state index < -0.39 is 0 Å². The van der Waals surface area contributed by atoms with E-state index in [-0.39, 0.29) is 18.1 Å². The van der Waals surface area contributed by atoms with E-state index in [1.54, 1.807) is 11.3 Å². The predicted molar refractivity (Wildman–Crippen MR) is 82.9 cm³/mol. The zero-order chi connectivity index (χ0) is 14.6. The van der Waals surface area contributed by atoms with E-state index in [4.69, 9.17) is 0 Å². The van der Waals surface area contributed by atoms with Gasteiger partial charge in [-0.15, -0.1) is 11.3 Å². The maximum Gasteiger partial charge on any atom is 0.221 e. The van der Waals surface area contributed by atoms with Crippen molar-refractivity contribution in [3.8, 4) is 0 Å². The molecule has 1 aromatic heterocycles. The summed E-state index contributed by atoms with van der Waals surface area (Å²) in [4.78, 5) is 12.3. The molecule has 0 unspecified atom stereocenters. The summed E-state index contributed by atoms with van der Waals surface area (Å²) in [6.45, 7) is 4.67. The van der Waals surface area contributed by atoms with E-state index in [9.17, 15) is 9.90 Å². The first-order valence-corrected chi connectivity index (χ1v) is 8.12. The molecule has 0 radical (unpaired) electrons. The maximum atomic E-state index is 11.2.